The summed E-state index contributed by atoms with van der Waals surface area (Å²) in [6.07, 6.45) is 3.28. The Balaban J connectivity index is 1.75. The number of hydrogen-bond acceptors (Lipinski definition) is 7. The number of rotatable bonds is 7. The molecule has 7 nitrogen and oxygen atoms in total. The molecule has 0 saturated heterocycles. The highest BCUT2D eigenvalue weighted by molar-refractivity contribution is 7.09. The molecule has 0 amide bonds. The third-order valence-corrected chi connectivity index (χ3v) is 5.85. The van der Waals surface area contributed by atoms with Gasteiger partial charge in [-0.05, 0) is 45.2 Å². The van der Waals surface area contributed by atoms with Gasteiger partial charge in [0.25, 0.3) is 0 Å². The summed E-state index contributed by atoms with van der Waals surface area (Å²) in [5.74, 6) is -0.386. The Hall–Kier alpha value is -2.81. The smallest absolute Gasteiger partial charge is 0.341 e. The average Bonchev–Trinajstić information content (AvgIpc) is 3.33. The molecule has 0 radical (unpaired) electrons. The number of fused-ring (bicyclic) bond motifs is 1. The predicted molar refractivity (Wildman–Crippen MR) is 122 cm³/mol. The largest absolute Gasteiger partial charge is 0.462 e. The minimum Gasteiger partial charge on any atom is -0.462 e. The second-order valence-corrected chi connectivity index (χ2v) is 8.66. The van der Waals surface area contributed by atoms with Crippen molar-refractivity contribution in [3.05, 3.63) is 69.0 Å². The highest BCUT2D eigenvalue weighted by atomic mass is 35.5. The summed E-state index contributed by atoms with van der Waals surface area (Å²) in [5.41, 5.74) is 3.77. The van der Waals surface area contributed by atoms with Gasteiger partial charge in [-0.1, -0.05) is 11.6 Å². The van der Waals surface area contributed by atoms with Gasteiger partial charge in [0.15, 0.2) is 0 Å². The minimum atomic E-state index is -0.386. The number of carbonyl (C=O) groups is 1. The van der Waals surface area contributed by atoms with E-state index in [-0.39, 0.29) is 5.97 Å². The van der Waals surface area contributed by atoms with E-state index in [4.69, 9.17) is 16.3 Å². The van der Waals surface area contributed by atoms with E-state index >= 15 is 0 Å². The Morgan fingerprint density at radius 3 is 2.87 bits per heavy atom. The van der Waals surface area contributed by atoms with Crippen molar-refractivity contribution in [3.63, 3.8) is 0 Å². The van der Waals surface area contributed by atoms with Gasteiger partial charge in [0.05, 0.1) is 40.4 Å². The topological polar surface area (TPSA) is 73.1 Å². The van der Waals surface area contributed by atoms with Gasteiger partial charge in [0, 0.05) is 35.1 Å². The van der Waals surface area contributed by atoms with Gasteiger partial charge in [0.1, 0.15) is 5.56 Å². The lowest BCUT2D eigenvalue weighted by Gasteiger charge is -2.18. The number of ether oxygens (including phenoxy) is 1. The fraction of sp³-hybridized carbons (Fsp3) is 0.273. The molecule has 1 aromatic carbocycles. The number of esters is 1. The SMILES string of the molecule is CCOC(=O)c1cnn(-c2ccnc3cc(Cl)ccc23)c1CN(C)Cc1csc(C)n1. The second-order valence-electron chi connectivity index (χ2n) is 7.16. The second kappa shape index (κ2) is 9.13. The van der Waals surface area contributed by atoms with E-state index in [1.807, 2.05) is 38.2 Å². The van der Waals surface area contributed by atoms with Crippen molar-refractivity contribution in [1.29, 1.82) is 0 Å². The van der Waals surface area contributed by atoms with Gasteiger partial charge in [0.2, 0.25) is 0 Å². The van der Waals surface area contributed by atoms with E-state index in [1.165, 1.54) is 0 Å². The number of pyridine rings is 1. The molecule has 0 aliphatic rings. The van der Waals surface area contributed by atoms with Crippen molar-refractivity contribution >= 4 is 39.8 Å². The van der Waals surface area contributed by atoms with Crippen LogP contribution in [0.4, 0.5) is 0 Å². The van der Waals surface area contributed by atoms with Crippen LogP contribution in [0.3, 0.4) is 0 Å². The van der Waals surface area contributed by atoms with Crippen molar-refractivity contribution in [3.8, 4) is 5.69 Å². The Kier molecular flexibility index (Phi) is 6.31. The van der Waals surface area contributed by atoms with Crippen molar-refractivity contribution in [2.75, 3.05) is 13.7 Å². The number of aromatic nitrogens is 4. The van der Waals surface area contributed by atoms with Crippen LogP contribution in [0.5, 0.6) is 0 Å². The molecular formula is C22H22ClN5O2S. The zero-order valence-electron chi connectivity index (χ0n) is 17.5. The maximum absolute atomic E-state index is 12.6. The van der Waals surface area contributed by atoms with E-state index in [9.17, 15) is 4.79 Å². The summed E-state index contributed by atoms with van der Waals surface area (Å²) in [7, 11) is 1.99. The third kappa shape index (κ3) is 4.61. The third-order valence-electron chi connectivity index (χ3n) is 4.79. The Morgan fingerprint density at radius 2 is 2.13 bits per heavy atom. The van der Waals surface area contributed by atoms with Gasteiger partial charge in [-0.3, -0.25) is 9.88 Å². The van der Waals surface area contributed by atoms with Crippen LogP contribution in [0.1, 0.15) is 33.7 Å². The molecule has 31 heavy (non-hydrogen) atoms. The lowest BCUT2D eigenvalue weighted by atomic mass is 10.1. The summed E-state index contributed by atoms with van der Waals surface area (Å²) in [5, 5.41) is 9.13. The zero-order chi connectivity index (χ0) is 22.0. The number of halogens is 1. The first kappa shape index (κ1) is 21.4. The van der Waals surface area contributed by atoms with Crippen molar-refractivity contribution in [1.82, 2.24) is 24.6 Å². The molecule has 0 aliphatic carbocycles. The molecule has 9 heteroatoms. The molecule has 160 valence electrons. The van der Waals surface area contributed by atoms with Gasteiger partial charge in [-0.25, -0.2) is 14.5 Å². The molecule has 0 fully saturated rings. The first-order valence-corrected chi connectivity index (χ1v) is 11.1. The van der Waals surface area contributed by atoms with Crippen LogP contribution in [-0.2, 0) is 17.8 Å². The van der Waals surface area contributed by atoms with Crippen LogP contribution >= 0.6 is 22.9 Å². The highest BCUT2D eigenvalue weighted by Gasteiger charge is 2.22. The standard InChI is InChI=1S/C22H22ClN5O2S/c1-4-30-22(29)18-10-25-28(20-7-8-24-19-9-15(23)5-6-17(19)20)21(18)12-27(3)11-16-13-31-14(2)26-16/h5-10,13H,4,11-12H2,1-3H3. The quantitative estimate of drug-likeness (QED) is 0.378. The zero-order valence-corrected chi connectivity index (χ0v) is 19.1. The van der Waals surface area contributed by atoms with Crippen molar-refractivity contribution < 1.29 is 9.53 Å². The number of hydrogen-bond donors (Lipinski definition) is 0. The summed E-state index contributed by atoms with van der Waals surface area (Å²) in [6, 6.07) is 7.43. The molecule has 0 spiro atoms. The molecule has 4 rings (SSSR count). The Morgan fingerprint density at radius 1 is 1.29 bits per heavy atom. The molecule has 0 unspecified atom stereocenters. The van der Waals surface area contributed by atoms with Gasteiger partial charge >= 0.3 is 5.97 Å². The van der Waals surface area contributed by atoms with E-state index in [2.05, 4.69) is 25.3 Å². The maximum atomic E-state index is 12.6. The number of benzene rings is 1. The maximum Gasteiger partial charge on any atom is 0.341 e. The fourth-order valence-electron chi connectivity index (χ4n) is 3.47. The minimum absolute atomic E-state index is 0.300. The number of nitrogens with zero attached hydrogens (tertiary/aromatic N) is 5. The molecule has 0 saturated carbocycles. The van der Waals surface area contributed by atoms with Crippen LogP contribution in [0.2, 0.25) is 5.02 Å². The molecule has 3 aromatic heterocycles. The monoisotopic (exact) mass is 455 g/mol. The van der Waals surface area contributed by atoms with Gasteiger partial charge in [-0.2, -0.15) is 5.10 Å². The molecule has 3 heterocycles. The van der Waals surface area contributed by atoms with Crippen molar-refractivity contribution in [2.45, 2.75) is 26.9 Å². The average molecular weight is 456 g/mol. The fourth-order valence-corrected chi connectivity index (χ4v) is 4.24. The summed E-state index contributed by atoms with van der Waals surface area (Å²) >= 11 is 7.77. The molecule has 0 N–H and O–H groups in total. The van der Waals surface area contributed by atoms with E-state index in [1.54, 1.807) is 35.3 Å². The van der Waals surface area contributed by atoms with Crippen LogP contribution in [0.25, 0.3) is 16.6 Å². The Bertz CT molecular complexity index is 1240. The number of thiazole rings is 1. The molecule has 0 atom stereocenters. The van der Waals surface area contributed by atoms with E-state index in [0.29, 0.717) is 30.3 Å². The van der Waals surface area contributed by atoms with Crippen LogP contribution in [-0.4, -0.2) is 44.3 Å². The van der Waals surface area contributed by atoms with Crippen molar-refractivity contribution in [2.24, 2.45) is 0 Å². The highest BCUT2D eigenvalue weighted by Crippen LogP contribution is 2.26. The molecule has 0 bridgehead atoms. The lowest BCUT2D eigenvalue weighted by molar-refractivity contribution is 0.0524. The number of aryl methyl sites for hydroxylation is 1. The molecular weight excluding hydrogens is 434 g/mol. The van der Waals surface area contributed by atoms with E-state index < -0.39 is 0 Å². The summed E-state index contributed by atoms with van der Waals surface area (Å²) in [6.45, 7) is 5.22. The molecule has 4 aromatic rings. The molecule has 0 aliphatic heterocycles. The summed E-state index contributed by atoms with van der Waals surface area (Å²) < 4.78 is 7.06. The van der Waals surface area contributed by atoms with Crippen LogP contribution in [0.15, 0.2) is 42.0 Å². The first-order valence-electron chi connectivity index (χ1n) is 9.84. The Labute approximate surface area is 189 Å². The first-order chi connectivity index (χ1) is 15.0. The predicted octanol–water partition coefficient (Wildman–Crippen LogP) is 4.65. The van der Waals surface area contributed by atoms with Gasteiger partial charge in [-0.15, -0.1) is 11.3 Å². The number of carbonyl (C=O) groups excluding carboxylic acids is 1. The van der Waals surface area contributed by atoms with Gasteiger partial charge < -0.3 is 4.74 Å². The van der Waals surface area contributed by atoms with E-state index in [0.717, 1.165) is 33.0 Å². The van der Waals surface area contributed by atoms with Crippen LogP contribution in [0, 0.1) is 6.92 Å². The lowest BCUT2D eigenvalue weighted by Crippen LogP contribution is -2.22. The normalized spacial score (nSPS) is 11.4. The summed E-state index contributed by atoms with van der Waals surface area (Å²) in [4.78, 5) is 23.7. The van der Waals surface area contributed by atoms with Crippen LogP contribution < -0.4 is 0 Å².